The first-order valence-electron chi connectivity index (χ1n) is 8.49. The molecule has 6 nitrogen and oxygen atoms in total. The summed E-state index contributed by atoms with van der Waals surface area (Å²) < 4.78 is 41.6. The van der Waals surface area contributed by atoms with E-state index in [9.17, 15) is 28.2 Å². The third-order valence-corrected chi connectivity index (χ3v) is 4.86. The van der Waals surface area contributed by atoms with Crippen molar-refractivity contribution in [3.8, 4) is 0 Å². The maximum Gasteiger partial charge on any atom is 0.424 e. The average molecular weight is 420 g/mol. The minimum Gasteiger partial charge on any atom is -0.375 e. The third kappa shape index (κ3) is 4.16. The van der Waals surface area contributed by atoms with Crippen molar-refractivity contribution in [1.82, 2.24) is 14.9 Å². The predicted octanol–water partition coefficient (Wildman–Crippen LogP) is 2.63. The second-order valence-corrected chi connectivity index (χ2v) is 6.89. The number of imidazole rings is 1. The number of rotatable bonds is 7. The standard InChI is InChI=1S/C18H21ClF3N3O3/c1-3-16(27,12-5-4-6-13(19)11-12)15(26)24-8-7-17(28,18(20,21)22)14-23-9-10-25(14)2/h4-6,9-11,27-28H,3,7-8H2,1-2H3,(H,24,26). The van der Waals surface area contributed by atoms with Gasteiger partial charge in [-0.05, 0) is 24.1 Å². The first kappa shape index (κ1) is 22.2. The summed E-state index contributed by atoms with van der Waals surface area (Å²) in [4.78, 5) is 16.1. The van der Waals surface area contributed by atoms with Crippen LogP contribution in [0, 0.1) is 0 Å². The molecule has 0 spiro atoms. The van der Waals surface area contributed by atoms with E-state index in [-0.39, 0.29) is 12.0 Å². The van der Waals surface area contributed by atoms with Gasteiger partial charge in [-0.15, -0.1) is 0 Å². The first-order chi connectivity index (χ1) is 13.0. The lowest BCUT2D eigenvalue weighted by atomic mass is 9.90. The van der Waals surface area contributed by atoms with Crippen molar-refractivity contribution < 1.29 is 28.2 Å². The molecular weight excluding hydrogens is 399 g/mol. The van der Waals surface area contributed by atoms with Gasteiger partial charge in [-0.2, -0.15) is 13.2 Å². The van der Waals surface area contributed by atoms with Crippen LogP contribution in [0.15, 0.2) is 36.7 Å². The van der Waals surface area contributed by atoms with Gasteiger partial charge in [0.1, 0.15) is 5.82 Å². The maximum absolute atomic E-state index is 13.5. The van der Waals surface area contributed by atoms with Gasteiger partial charge < -0.3 is 20.1 Å². The van der Waals surface area contributed by atoms with E-state index < -0.39 is 42.1 Å². The average Bonchev–Trinajstić information content (AvgIpc) is 3.06. The lowest BCUT2D eigenvalue weighted by Gasteiger charge is -2.31. The molecular formula is C18H21ClF3N3O3. The van der Waals surface area contributed by atoms with Crippen molar-refractivity contribution in [2.45, 2.75) is 37.1 Å². The summed E-state index contributed by atoms with van der Waals surface area (Å²) in [5.41, 5.74) is -5.00. The number of aliphatic hydroxyl groups is 2. The van der Waals surface area contributed by atoms with Crippen LogP contribution in [0.25, 0.3) is 0 Å². The lowest BCUT2D eigenvalue weighted by molar-refractivity contribution is -0.272. The van der Waals surface area contributed by atoms with E-state index in [4.69, 9.17) is 11.6 Å². The molecule has 0 aliphatic heterocycles. The van der Waals surface area contributed by atoms with Crippen molar-refractivity contribution >= 4 is 17.5 Å². The van der Waals surface area contributed by atoms with Crippen LogP contribution in [-0.2, 0) is 23.0 Å². The molecule has 1 aromatic carbocycles. The lowest BCUT2D eigenvalue weighted by Crippen LogP contribution is -2.49. The molecule has 0 bridgehead atoms. The van der Waals surface area contributed by atoms with Crippen LogP contribution in [0.3, 0.4) is 0 Å². The second kappa shape index (κ2) is 8.10. The molecule has 0 aliphatic carbocycles. The number of carbonyl (C=O) groups excluding carboxylic acids is 1. The van der Waals surface area contributed by atoms with E-state index in [1.807, 2.05) is 0 Å². The molecule has 154 valence electrons. The van der Waals surface area contributed by atoms with Crippen LogP contribution >= 0.6 is 11.6 Å². The third-order valence-electron chi connectivity index (χ3n) is 4.62. The Morgan fingerprint density at radius 2 is 2.00 bits per heavy atom. The van der Waals surface area contributed by atoms with Gasteiger partial charge in [-0.1, -0.05) is 30.7 Å². The van der Waals surface area contributed by atoms with Gasteiger partial charge in [0.15, 0.2) is 5.60 Å². The van der Waals surface area contributed by atoms with Crippen molar-refractivity contribution in [3.05, 3.63) is 53.1 Å². The largest absolute Gasteiger partial charge is 0.424 e. The minimum absolute atomic E-state index is 0.0257. The number of alkyl halides is 3. The Kier molecular flexibility index (Phi) is 6.42. The molecule has 28 heavy (non-hydrogen) atoms. The Morgan fingerprint density at radius 1 is 1.32 bits per heavy atom. The molecule has 1 heterocycles. The Morgan fingerprint density at radius 3 is 2.50 bits per heavy atom. The Hall–Kier alpha value is -2.10. The highest BCUT2D eigenvalue weighted by molar-refractivity contribution is 6.30. The van der Waals surface area contributed by atoms with Crippen LogP contribution < -0.4 is 5.32 Å². The second-order valence-electron chi connectivity index (χ2n) is 6.45. The molecule has 10 heteroatoms. The molecule has 0 fully saturated rings. The zero-order valence-electron chi connectivity index (χ0n) is 15.3. The number of amides is 1. The van der Waals surface area contributed by atoms with Crippen LogP contribution in [0.2, 0.25) is 5.02 Å². The molecule has 2 atom stereocenters. The Labute approximate surface area is 165 Å². The fourth-order valence-corrected chi connectivity index (χ4v) is 3.08. The number of hydrogen-bond donors (Lipinski definition) is 3. The van der Waals surface area contributed by atoms with Gasteiger partial charge in [0.2, 0.25) is 5.60 Å². The molecule has 1 aromatic heterocycles. The van der Waals surface area contributed by atoms with Gasteiger partial charge in [-0.3, -0.25) is 4.79 Å². The molecule has 0 saturated heterocycles. The van der Waals surface area contributed by atoms with Crippen LogP contribution in [0.5, 0.6) is 0 Å². The molecule has 0 saturated carbocycles. The SMILES string of the molecule is CCC(O)(C(=O)NCCC(O)(c1nccn1C)C(F)(F)F)c1cccc(Cl)c1. The highest BCUT2D eigenvalue weighted by Gasteiger charge is 2.57. The van der Waals surface area contributed by atoms with Gasteiger partial charge in [0, 0.05) is 37.4 Å². The minimum atomic E-state index is -5.01. The normalized spacial score (nSPS) is 16.3. The van der Waals surface area contributed by atoms with E-state index in [1.54, 1.807) is 19.1 Å². The summed E-state index contributed by atoms with van der Waals surface area (Å²) in [5.74, 6) is -1.48. The number of benzene rings is 1. The Bertz CT molecular complexity index is 843. The molecule has 2 rings (SSSR count). The zero-order chi connectivity index (χ0) is 21.2. The fourth-order valence-electron chi connectivity index (χ4n) is 2.89. The fraction of sp³-hybridized carbons (Fsp3) is 0.444. The first-order valence-corrected chi connectivity index (χ1v) is 8.87. The van der Waals surface area contributed by atoms with E-state index in [2.05, 4.69) is 10.3 Å². The van der Waals surface area contributed by atoms with Gasteiger partial charge in [0.25, 0.3) is 5.91 Å². The van der Waals surface area contributed by atoms with E-state index in [0.29, 0.717) is 5.02 Å². The van der Waals surface area contributed by atoms with E-state index in [1.165, 1.54) is 25.4 Å². The number of carbonyl (C=O) groups is 1. The Balaban J connectivity index is 2.17. The van der Waals surface area contributed by atoms with Gasteiger partial charge in [0.05, 0.1) is 0 Å². The van der Waals surface area contributed by atoms with E-state index in [0.717, 1.165) is 10.8 Å². The molecule has 1 amide bonds. The number of hydrogen-bond acceptors (Lipinski definition) is 4. The predicted molar refractivity (Wildman–Crippen MR) is 96.4 cm³/mol. The number of nitrogens with zero attached hydrogens (tertiary/aromatic N) is 2. The number of halogens is 4. The monoisotopic (exact) mass is 419 g/mol. The van der Waals surface area contributed by atoms with Crippen molar-refractivity contribution in [2.75, 3.05) is 6.54 Å². The molecule has 2 aromatic rings. The quantitative estimate of drug-likeness (QED) is 0.644. The molecule has 3 N–H and O–H groups in total. The summed E-state index contributed by atoms with van der Waals surface area (Å²) in [6, 6.07) is 6.02. The smallest absolute Gasteiger partial charge is 0.375 e. The summed E-state index contributed by atoms with van der Waals surface area (Å²) in [6.45, 7) is 1.02. The van der Waals surface area contributed by atoms with Crippen molar-refractivity contribution in [3.63, 3.8) is 0 Å². The number of aryl methyl sites for hydroxylation is 1. The molecule has 0 aliphatic rings. The van der Waals surface area contributed by atoms with Crippen LogP contribution in [0.1, 0.15) is 31.2 Å². The van der Waals surface area contributed by atoms with Gasteiger partial charge in [-0.25, -0.2) is 4.98 Å². The highest BCUT2D eigenvalue weighted by atomic mass is 35.5. The summed E-state index contributed by atoms with van der Waals surface area (Å²) >= 11 is 5.89. The topological polar surface area (TPSA) is 87.4 Å². The van der Waals surface area contributed by atoms with Gasteiger partial charge >= 0.3 is 6.18 Å². The zero-order valence-corrected chi connectivity index (χ0v) is 16.1. The summed E-state index contributed by atoms with van der Waals surface area (Å²) in [5, 5.41) is 23.6. The highest BCUT2D eigenvalue weighted by Crippen LogP contribution is 2.40. The number of nitrogens with one attached hydrogen (secondary N) is 1. The van der Waals surface area contributed by atoms with Crippen molar-refractivity contribution in [2.24, 2.45) is 7.05 Å². The van der Waals surface area contributed by atoms with Crippen LogP contribution in [-0.4, -0.2) is 38.4 Å². The summed E-state index contributed by atoms with van der Waals surface area (Å²) in [6.07, 6.45) is -3.49. The molecule has 0 radical (unpaired) electrons. The van der Waals surface area contributed by atoms with Crippen LogP contribution in [0.4, 0.5) is 13.2 Å². The maximum atomic E-state index is 13.5. The summed E-state index contributed by atoms with van der Waals surface area (Å²) in [7, 11) is 1.33. The molecule has 2 unspecified atom stereocenters. The van der Waals surface area contributed by atoms with E-state index >= 15 is 0 Å². The number of aromatic nitrogens is 2. The van der Waals surface area contributed by atoms with Crippen molar-refractivity contribution in [1.29, 1.82) is 0 Å².